The predicted octanol–water partition coefficient (Wildman–Crippen LogP) is 4.06. The molecule has 0 aliphatic rings. The molecule has 0 saturated carbocycles. The van der Waals surface area contributed by atoms with Gasteiger partial charge in [0.2, 0.25) is 0 Å². The van der Waals surface area contributed by atoms with E-state index in [1.165, 1.54) is 10.4 Å². The number of benzene rings is 1. The van der Waals surface area contributed by atoms with Gasteiger partial charge in [-0.15, -0.1) is 11.3 Å². The highest BCUT2D eigenvalue weighted by molar-refractivity contribution is 7.11. The summed E-state index contributed by atoms with van der Waals surface area (Å²) in [6.45, 7) is 12.2. The molecule has 0 atom stereocenters. The van der Waals surface area contributed by atoms with Gasteiger partial charge in [0.1, 0.15) is 6.61 Å². The van der Waals surface area contributed by atoms with Gasteiger partial charge in [-0.1, -0.05) is 12.6 Å². The first-order valence-corrected chi connectivity index (χ1v) is 8.89. The van der Waals surface area contributed by atoms with Crippen molar-refractivity contribution >= 4 is 11.3 Å². The maximum atomic E-state index is 5.77. The molecular formula is C19H26N2O2S. The fraction of sp³-hybridized carbons (Fsp3) is 0.421. The van der Waals surface area contributed by atoms with Crippen LogP contribution in [0, 0.1) is 13.8 Å². The van der Waals surface area contributed by atoms with Crippen LogP contribution in [0.4, 0.5) is 0 Å². The second kappa shape index (κ2) is 8.85. The van der Waals surface area contributed by atoms with Crippen LogP contribution in [-0.4, -0.2) is 25.2 Å². The van der Waals surface area contributed by atoms with Crippen molar-refractivity contribution < 1.29 is 9.47 Å². The summed E-state index contributed by atoms with van der Waals surface area (Å²) < 4.78 is 11.1. The van der Waals surface area contributed by atoms with E-state index in [0.717, 1.165) is 47.3 Å². The molecule has 1 N–H and O–H groups in total. The highest BCUT2D eigenvalue weighted by atomic mass is 32.1. The van der Waals surface area contributed by atoms with E-state index in [0.29, 0.717) is 6.61 Å². The van der Waals surface area contributed by atoms with E-state index >= 15 is 0 Å². The number of rotatable bonds is 9. The Balaban J connectivity index is 1.88. The molecule has 0 bridgehead atoms. The van der Waals surface area contributed by atoms with E-state index in [2.05, 4.69) is 36.8 Å². The van der Waals surface area contributed by atoms with Crippen molar-refractivity contribution in [1.29, 1.82) is 0 Å². The number of methoxy groups -OCH3 is 1. The third-order valence-electron chi connectivity index (χ3n) is 3.56. The zero-order chi connectivity index (χ0) is 17.5. The molecular weight excluding hydrogens is 320 g/mol. The Morgan fingerprint density at radius 3 is 2.71 bits per heavy atom. The second-order valence-electron chi connectivity index (χ2n) is 5.90. The van der Waals surface area contributed by atoms with Crippen LogP contribution in [0.5, 0.6) is 11.5 Å². The smallest absolute Gasteiger partial charge is 0.161 e. The Kier molecular flexibility index (Phi) is 6.82. The lowest BCUT2D eigenvalue weighted by atomic mass is 10.2. The molecule has 0 aliphatic heterocycles. The summed E-state index contributed by atoms with van der Waals surface area (Å²) >= 11 is 1.78. The first-order valence-electron chi connectivity index (χ1n) is 8.07. The van der Waals surface area contributed by atoms with Gasteiger partial charge < -0.3 is 14.8 Å². The highest BCUT2D eigenvalue weighted by Crippen LogP contribution is 2.28. The van der Waals surface area contributed by atoms with Crippen molar-refractivity contribution in [2.75, 3.05) is 20.3 Å². The Morgan fingerprint density at radius 1 is 1.29 bits per heavy atom. The molecule has 0 spiro atoms. The first kappa shape index (κ1) is 18.5. The van der Waals surface area contributed by atoms with Crippen LogP contribution in [0.3, 0.4) is 0 Å². The summed E-state index contributed by atoms with van der Waals surface area (Å²) in [5.41, 5.74) is 3.31. The lowest BCUT2D eigenvalue weighted by Crippen LogP contribution is -2.16. The third-order valence-corrected chi connectivity index (χ3v) is 4.69. The van der Waals surface area contributed by atoms with Crippen LogP contribution in [0.15, 0.2) is 30.4 Å². The van der Waals surface area contributed by atoms with Crippen molar-refractivity contribution in [1.82, 2.24) is 10.3 Å². The molecule has 2 aromatic rings. The van der Waals surface area contributed by atoms with Crippen LogP contribution in [0.1, 0.15) is 28.1 Å². The van der Waals surface area contributed by atoms with E-state index < -0.39 is 0 Å². The Morgan fingerprint density at radius 2 is 2.08 bits per heavy atom. The maximum absolute atomic E-state index is 5.77. The molecule has 2 rings (SSSR count). The highest BCUT2D eigenvalue weighted by Gasteiger charge is 2.07. The molecule has 0 fully saturated rings. The topological polar surface area (TPSA) is 43.4 Å². The number of aryl methyl sites for hydroxylation is 2. The van der Waals surface area contributed by atoms with E-state index in [9.17, 15) is 0 Å². The standard InChI is InChI=1S/C19H26N2O2S/c1-13(2)12-23-18-10-16(6-7-17(18)22-5)11-20-9-8-19-14(3)21-15(4)24-19/h6-7,10,20H,1,8-9,11-12H2,2-5H3. The molecule has 1 aromatic carbocycles. The molecule has 24 heavy (non-hydrogen) atoms. The van der Waals surface area contributed by atoms with Gasteiger partial charge in [0.15, 0.2) is 11.5 Å². The first-order chi connectivity index (χ1) is 11.5. The molecule has 0 amide bonds. The van der Waals surface area contributed by atoms with Crippen LogP contribution in [0.25, 0.3) is 0 Å². The average Bonchev–Trinajstić information content (AvgIpc) is 2.87. The van der Waals surface area contributed by atoms with E-state index in [1.54, 1.807) is 18.4 Å². The number of thiazole rings is 1. The molecule has 0 unspecified atom stereocenters. The van der Waals surface area contributed by atoms with Crippen LogP contribution >= 0.6 is 11.3 Å². The zero-order valence-electron chi connectivity index (χ0n) is 14.9. The maximum Gasteiger partial charge on any atom is 0.161 e. The van der Waals surface area contributed by atoms with E-state index in [-0.39, 0.29) is 0 Å². The van der Waals surface area contributed by atoms with Gasteiger partial charge in [-0.2, -0.15) is 0 Å². The van der Waals surface area contributed by atoms with Crippen LogP contribution < -0.4 is 14.8 Å². The predicted molar refractivity (Wildman–Crippen MR) is 100 cm³/mol. The Labute approximate surface area is 148 Å². The van der Waals surface area contributed by atoms with Gasteiger partial charge >= 0.3 is 0 Å². The molecule has 0 radical (unpaired) electrons. The van der Waals surface area contributed by atoms with Crippen molar-refractivity contribution in [3.63, 3.8) is 0 Å². The number of nitrogens with zero attached hydrogens (tertiary/aromatic N) is 1. The van der Waals surface area contributed by atoms with Gasteiger partial charge in [-0.05, 0) is 50.5 Å². The zero-order valence-corrected chi connectivity index (χ0v) is 15.8. The third kappa shape index (κ3) is 5.35. The molecule has 1 aromatic heterocycles. The fourth-order valence-electron chi connectivity index (χ4n) is 2.38. The van der Waals surface area contributed by atoms with Crippen molar-refractivity contribution in [3.05, 3.63) is 51.5 Å². The second-order valence-corrected chi connectivity index (χ2v) is 7.19. The Hall–Kier alpha value is -1.85. The largest absolute Gasteiger partial charge is 0.493 e. The molecule has 130 valence electrons. The molecule has 5 heteroatoms. The molecule has 4 nitrogen and oxygen atoms in total. The van der Waals surface area contributed by atoms with Gasteiger partial charge in [-0.25, -0.2) is 4.98 Å². The quantitative estimate of drug-likeness (QED) is 0.549. The minimum Gasteiger partial charge on any atom is -0.493 e. The SMILES string of the molecule is C=C(C)COc1cc(CNCCc2sc(C)nc2C)ccc1OC. The molecule has 0 saturated heterocycles. The average molecular weight is 346 g/mol. The summed E-state index contributed by atoms with van der Waals surface area (Å²) in [5, 5.41) is 4.62. The van der Waals surface area contributed by atoms with Gasteiger partial charge in [0, 0.05) is 18.0 Å². The number of nitrogens with one attached hydrogen (secondary N) is 1. The fourth-order valence-corrected chi connectivity index (χ4v) is 3.32. The lowest BCUT2D eigenvalue weighted by molar-refractivity contribution is 0.319. The molecule has 0 aliphatic carbocycles. The summed E-state index contributed by atoms with van der Waals surface area (Å²) in [6.07, 6.45) is 1.01. The monoisotopic (exact) mass is 346 g/mol. The minimum absolute atomic E-state index is 0.497. The minimum atomic E-state index is 0.497. The summed E-state index contributed by atoms with van der Waals surface area (Å²) in [4.78, 5) is 5.83. The van der Waals surface area contributed by atoms with Crippen molar-refractivity contribution in [2.45, 2.75) is 33.7 Å². The Bertz CT molecular complexity index is 695. The normalized spacial score (nSPS) is 10.7. The van der Waals surface area contributed by atoms with Crippen molar-refractivity contribution in [2.24, 2.45) is 0 Å². The summed E-state index contributed by atoms with van der Waals surface area (Å²) in [5.74, 6) is 1.50. The van der Waals surface area contributed by atoms with Crippen molar-refractivity contribution in [3.8, 4) is 11.5 Å². The van der Waals surface area contributed by atoms with Gasteiger partial charge in [-0.3, -0.25) is 0 Å². The van der Waals surface area contributed by atoms with Gasteiger partial charge in [0.05, 0.1) is 17.8 Å². The molecule has 1 heterocycles. The van der Waals surface area contributed by atoms with E-state index in [4.69, 9.17) is 9.47 Å². The lowest BCUT2D eigenvalue weighted by Gasteiger charge is -2.13. The number of hydrogen-bond acceptors (Lipinski definition) is 5. The van der Waals surface area contributed by atoms with Crippen LogP contribution in [0.2, 0.25) is 0 Å². The summed E-state index contributed by atoms with van der Waals surface area (Å²) in [7, 11) is 1.65. The number of ether oxygens (including phenoxy) is 2. The van der Waals surface area contributed by atoms with E-state index in [1.807, 2.05) is 19.1 Å². The van der Waals surface area contributed by atoms with Gasteiger partial charge in [0.25, 0.3) is 0 Å². The van der Waals surface area contributed by atoms with Crippen LogP contribution in [-0.2, 0) is 13.0 Å². The summed E-state index contributed by atoms with van der Waals surface area (Å²) in [6, 6.07) is 6.03. The number of aromatic nitrogens is 1. The number of hydrogen-bond donors (Lipinski definition) is 1.